The summed E-state index contributed by atoms with van der Waals surface area (Å²) in [4.78, 5) is 4.24. The maximum Gasteiger partial charge on any atom is 0.304 e. The maximum absolute atomic E-state index is 4.69. The van der Waals surface area contributed by atoms with Gasteiger partial charge < -0.3 is 9.80 Å². The van der Waals surface area contributed by atoms with Gasteiger partial charge in [-0.15, -0.1) is 9.35 Å². The van der Waals surface area contributed by atoms with Gasteiger partial charge in [0, 0.05) is 57.6 Å². The molecular weight excluding hydrogens is 396 g/mol. The summed E-state index contributed by atoms with van der Waals surface area (Å²) < 4.78 is 3.70. The van der Waals surface area contributed by atoms with Gasteiger partial charge in [0.1, 0.15) is 0 Å². The first-order valence-corrected chi connectivity index (χ1v) is 10.8. The second-order valence-corrected chi connectivity index (χ2v) is 8.80. The topological polar surface area (TPSA) is 40.0 Å². The molecule has 1 heterocycles. The highest BCUT2D eigenvalue weighted by Crippen LogP contribution is 2.21. The van der Waals surface area contributed by atoms with Crippen molar-refractivity contribution < 1.29 is 4.68 Å². The predicted octanol–water partition coefficient (Wildman–Crippen LogP) is 4.21. The molecule has 0 unspecified atom stereocenters. The molecule has 0 spiro atoms. The molecule has 0 saturated heterocycles. The lowest BCUT2D eigenvalue weighted by molar-refractivity contribution is -0.684. The molecule has 0 bridgehead atoms. The standard InChI is InChI=1S/C26H35N6/c1-18-12-23(29(6)7)13-19(2)25(18)16-27-31-10-11-32(22(31)5)28-17-26-20(3)14-24(30(8)9)15-21(26)4/h10-17H,1-9H3/q+1. The highest BCUT2D eigenvalue weighted by atomic mass is 15.5. The second-order valence-electron chi connectivity index (χ2n) is 8.80. The van der Waals surface area contributed by atoms with E-state index in [2.05, 4.69) is 90.0 Å². The fourth-order valence-electron chi connectivity index (χ4n) is 3.76. The minimum Gasteiger partial charge on any atom is -0.378 e. The summed E-state index contributed by atoms with van der Waals surface area (Å²) in [5.41, 5.74) is 9.52. The molecule has 0 saturated carbocycles. The molecule has 0 radical (unpaired) electrons. The number of hydrogen-bond donors (Lipinski definition) is 0. The van der Waals surface area contributed by atoms with Gasteiger partial charge in [0.2, 0.25) is 0 Å². The average molecular weight is 432 g/mol. The van der Waals surface area contributed by atoms with E-state index in [0.29, 0.717) is 0 Å². The number of hydrogen-bond acceptors (Lipinski definition) is 4. The first-order chi connectivity index (χ1) is 15.1. The lowest BCUT2D eigenvalue weighted by Crippen LogP contribution is -2.29. The van der Waals surface area contributed by atoms with Crippen molar-refractivity contribution in [1.82, 2.24) is 4.68 Å². The Morgan fingerprint density at radius 3 is 1.59 bits per heavy atom. The molecule has 0 aliphatic carbocycles. The van der Waals surface area contributed by atoms with Crippen molar-refractivity contribution in [2.45, 2.75) is 34.6 Å². The van der Waals surface area contributed by atoms with Crippen molar-refractivity contribution in [2.24, 2.45) is 10.2 Å². The van der Waals surface area contributed by atoms with E-state index < -0.39 is 0 Å². The molecule has 1 aromatic heterocycles. The molecule has 6 heteroatoms. The summed E-state index contributed by atoms with van der Waals surface area (Å²) in [7, 11) is 8.24. The van der Waals surface area contributed by atoms with E-state index in [9.17, 15) is 0 Å². The van der Waals surface area contributed by atoms with Crippen LogP contribution in [0.15, 0.2) is 46.9 Å². The van der Waals surface area contributed by atoms with Crippen molar-refractivity contribution in [2.75, 3.05) is 38.0 Å². The molecule has 32 heavy (non-hydrogen) atoms. The Bertz CT molecular complexity index is 1040. The summed E-state index contributed by atoms with van der Waals surface area (Å²) in [5, 5.41) is 9.38. The Balaban J connectivity index is 1.86. The third-order valence-electron chi connectivity index (χ3n) is 5.82. The third-order valence-corrected chi connectivity index (χ3v) is 5.82. The van der Waals surface area contributed by atoms with Crippen LogP contribution in [0.2, 0.25) is 0 Å². The average Bonchev–Trinajstić information content (AvgIpc) is 3.06. The van der Waals surface area contributed by atoms with Crippen LogP contribution < -0.4 is 14.5 Å². The van der Waals surface area contributed by atoms with Crippen LogP contribution in [0.4, 0.5) is 11.4 Å². The van der Waals surface area contributed by atoms with Gasteiger partial charge in [0.05, 0.1) is 12.4 Å². The maximum atomic E-state index is 4.69. The molecule has 0 aliphatic heterocycles. The van der Waals surface area contributed by atoms with Crippen molar-refractivity contribution in [1.29, 1.82) is 0 Å². The number of imidazole rings is 1. The summed E-state index contributed by atoms with van der Waals surface area (Å²) in [6.07, 6.45) is 7.71. The SMILES string of the molecule is Cc1cc(N(C)C)cc(C)c1C=Nn1cc[n+](N=Cc2c(C)cc(N(C)C)cc2C)c1C. The van der Waals surface area contributed by atoms with E-state index in [1.54, 1.807) is 0 Å². The van der Waals surface area contributed by atoms with Gasteiger partial charge in [-0.1, -0.05) is 10.2 Å². The molecule has 6 nitrogen and oxygen atoms in total. The van der Waals surface area contributed by atoms with Gasteiger partial charge in [0.15, 0.2) is 12.4 Å². The monoisotopic (exact) mass is 431 g/mol. The van der Waals surface area contributed by atoms with Crippen molar-refractivity contribution in [3.05, 3.63) is 75.9 Å². The summed E-state index contributed by atoms with van der Waals surface area (Å²) >= 11 is 0. The van der Waals surface area contributed by atoms with Crippen LogP contribution in [-0.4, -0.2) is 45.3 Å². The Hall–Kier alpha value is -3.41. The molecular formula is C26H35N6+. The van der Waals surface area contributed by atoms with Crippen LogP contribution in [0.5, 0.6) is 0 Å². The second kappa shape index (κ2) is 9.39. The lowest BCUT2D eigenvalue weighted by Gasteiger charge is -2.16. The van der Waals surface area contributed by atoms with Crippen molar-refractivity contribution in [3.8, 4) is 0 Å². The number of rotatable bonds is 6. The number of aryl methyl sites for hydroxylation is 4. The normalized spacial score (nSPS) is 11.7. The van der Waals surface area contributed by atoms with Crippen LogP contribution in [-0.2, 0) is 0 Å². The van der Waals surface area contributed by atoms with E-state index in [-0.39, 0.29) is 0 Å². The summed E-state index contributed by atoms with van der Waals surface area (Å²) in [6.45, 7) is 10.5. The molecule has 168 valence electrons. The zero-order valence-electron chi connectivity index (χ0n) is 20.8. The van der Waals surface area contributed by atoms with E-state index in [0.717, 1.165) is 17.0 Å². The molecule has 0 fully saturated rings. The molecule has 3 rings (SSSR count). The van der Waals surface area contributed by atoms with Crippen LogP contribution in [0, 0.1) is 34.6 Å². The molecule has 0 atom stereocenters. The third kappa shape index (κ3) is 4.90. The van der Waals surface area contributed by atoms with Gasteiger partial charge in [-0.25, -0.2) is 0 Å². The smallest absolute Gasteiger partial charge is 0.304 e. The number of benzene rings is 2. The van der Waals surface area contributed by atoms with Crippen LogP contribution in [0.25, 0.3) is 0 Å². The Labute approximate surface area is 192 Å². The van der Waals surface area contributed by atoms with Crippen LogP contribution in [0.3, 0.4) is 0 Å². The Kier molecular flexibility index (Phi) is 6.82. The van der Waals surface area contributed by atoms with Gasteiger partial charge in [-0.05, 0) is 74.2 Å². The van der Waals surface area contributed by atoms with Gasteiger partial charge in [0.25, 0.3) is 0 Å². The van der Waals surface area contributed by atoms with E-state index in [1.165, 1.54) is 33.6 Å². The van der Waals surface area contributed by atoms with Gasteiger partial charge in [-0.2, -0.15) is 0 Å². The van der Waals surface area contributed by atoms with Gasteiger partial charge >= 0.3 is 5.82 Å². The Morgan fingerprint density at radius 1 is 0.719 bits per heavy atom. The first kappa shape index (κ1) is 23.3. The van der Waals surface area contributed by atoms with Crippen molar-refractivity contribution >= 4 is 23.8 Å². The van der Waals surface area contributed by atoms with E-state index in [4.69, 9.17) is 10.2 Å². The zero-order valence-corrected chi connectivity index (χ0v) is 20.8. The number of aromatic nitrogens is 2. The minimum atomic E-state index is 0.929. The van der Waals surface area contributed by atoms with E-state index >= 15 is 0 Å². The van der Waals surface area contributed by atoms with Crippen LogP contribution in [0.1, 0.15) is 39.2 Å². The largest absolute Gasteiger partial charge is 0.378 e. The first-order valence-electron chi connectivity index (χ1n) is 10.8. The lowest BCUT2D eigenvalue weighted by atomic mass is 10.0. The molecule has 2 aromatic carbocycles. The quantitative estimate of drug-likeness (QED) is 0.433. The molecule has 0 amide bonds. The highest BCUT2D eigenvalue weighted by molar-refractivity contribution is 5.85. The van der Waals surface area contributed by atoms with Crippen LogP contribution >= 0.6 is 0 Å². The summed E-state index contributed by atoms with van der Waals surface area (Å²) in [6, 6.07) is 8.75. The predicted molar refractivity (Wildman–Crippen MR) is 136 cm³/mol. The zero-order chi connectivity index (χ0) is 23.6. The number of nitrogens with zero attached hydrogens (tertiary/aromatic N) is 6. The summed E-state index contributed by atoms with van der Waals surface area (Å²) in [5.74, 6) is 0.929. The van der Waals surface area contributed by atoms with Crippen molar-refractivity contribution in [3.63, 3.8) is 0 Å². The Morgan fingerprint density at radius 2 is 1.16 bits per heavy atom. The molecule has 0 aliphatic rings. The fraction of sp³-hybridized carbons (Fsp3) is 0.346. The van der Waals surface area contributed by atoms with Gasteiger partial charge in [-0.3, -0.25) is 0 Å². The molecule has 0 N–H and O–H groups in total. The highest BCUT2D eigenvalue weighted by Gasteiger charge is 2.12. The van der Waals surface area contributed by atoms with E-state index in [1.807, 2.05) is 41.1 Å². The fourth-order valence-corrected chi connectivity index (χ4v) is 3.76. The number of anilines is 2. The molecule has 3 aromatic rings. The minimum absolute atomic E-state index is 0.929.